The summed E-state index contributed by atoms with van der Waals surface area (Å²) < 4.78 is 99.9. The van der Waals surface area contributed by atoms with Gasteiger partial charge < -0.3 is 58.4 Å². The van der Waals surface area contributed by atoms with Crippen LogP contribution in [0.1, 0.15) is 114 Å². The zero-order valence-electron chi connectivity index (χ0n) is 73.6. The number of H-pyrrole nitrogens is 1. The molecule has 13 aromatic rings. The van der Waals surface area contributed by atoms with Gasteiger partial charge in [0.25, 0.3) is 0 Å². The number of pyridine rings is 4. The Hall–Kier alpha value is -12.4. The van der Waals surface area contributed by atoms with Gasteiger partial charge in [0.1, 0.15) is 84.3 Å². The molecule has 6 heterocycles. The van der Waals surface area contributed by atoms with Crippen LogP contribution in [0.25, 0.3) is 45.3 Å². The molecule has 688 valence electrons. The molecule has 0 amide bonds. The molecule has 0 spiro atoms. The first-order valence-corrected chi connectivity index (χ1v) is 43.1. The van der Waals surface area contributed by atoms with Gasteiger partial charge in [0.05, 0.1) is 75.8 Å². The zero-order valence-corrected chi connectivity index (χ0v) is 80.3. The number of hydrogen-bond acceptors (Lipinski definition) is 21. The van der Waals surface area contributed by atoms with E-state index in [9.17, 15) is 35.9 Å². The van der Waals surface area contributed by atoms with E-state index in [1.54, 1.807) is 44.0 Å². The van der Waals surface area contributed by atoms with Gasteiger partial charge in [0.15, 0.2) is 5.82 Å². The van der Waals surface area contributed by atoms with E-state index in [2.05, 4.69) is 95.2 Å². The third kappa shape index (κ3) is 39.3. The average molecular weight is 2110 g/mol. The van der Waals surface area contributed by atoms with E-state index in [4.69, 9.17) is 64.2 Å². The summed E-state index contributed by atoms with van der Waals surface area (Å²) in [5.74, 6) is 7.93. The number of benzene rings is 8. The fourth-order valence-electron chi connectivity index (χ4n) is 11.3. The Kier molecular flexibility index (Phi) is 47.0. The van der Waals surface area contributed by atoms with Crippen LogP contribution in [0.4, 0.5) is 26.3 Å². The first-order valence-electron chi connectivity index (χ1n) is 40.1. The number of hydrogen-bond donors (Lipinski definition) is 5. The van der Waals surface area contributed by atoms with Crippen LogP contribution < -0.4 is 30.4 Å². The predicted octanol–water partition coefficient (Wildman–Crippen LogP) is 23.1. The minimum Gasteiger partial charge on any atom is -0.488 e. The lowest BCUT2D eigenvalue weighted by Crippen LogP contribution is -2.41. The maximum atomic E-state index is 11.9. The molecular formula is C99H97BBrClF6I2N10O12. The molecule has 0 atom stereocenters. The number of halogens is 10. The van der Waals surface area contributed by atoms with Crippen molar-refractivity contribution in [1.82, 2.24) is 29.9 Å². The molecule has 1 aliphatic heterocycles. The second kappa shape index (κ2) is 56.4. The van der Waals surface area contributed by atoms with Gasteiger partial charge in [-0.2, -0.15) is 36.9 Å². The summed E-state index contributed by atoms with van der Waals surface area (Å²) in [6.45, 7) is 21.9. The number of ether oxygens (including phenoxy) is 6. The number of carbonyl (C=O) groups is 2. The molecule has 0 aliphatic carbocycles. The standard InChI is InChI=1S/C25H23N3O3.C21H20N2O2.C20H16N2O.C14H13BrO.C12H15BN2O2.C5H6O2.2CF3I.ClH.H3NO/c1-3-30-25(29)22-15-26-24(28-22)21-11-7-10-20(27-21)19-14-17(2)12-13-23(19)31-16-18-8-5-4-6-9-18;1-15-10-11-21(25-14-16-6-3-2-4-7-16)17(12-15)19-8-5-9-20(23-19)18(22)13-24;1-15-10-11-20(23-14-16-6-3-2-4-7-16)18(12-15)19-9-5-8-17(13-21)22-19;1-11-7-8-14(13(15)9-11)16-10-12-5-3-2-4-6-12;1-11(2)12(3,4)17-13(16-11)10-7-5-6-9(8-14)15-10;1-3-5(6)7-4-2;2*2-1(3,4)5;;1-2/h4-15H,3,16H2,1-2H3,(H,26,28);2-12,22,24H,13-14H2,1H3;2-12H,14H2,1H3;2-9H,10H2,1H3;5-7H,1-4H3;1H,4H2,2H3;;;1H;2H,1H2. The van der Waals surface area contributed by atoms with Gasteiger partial charge in [-0.05, 0) is 210 Å². The van der Waals surface area contributed by atoms with E-state index < -0.39 is 27.4 Å². The highest BCUT2D eigenvalue weighted by Crippen LogP contribution is 2.38. The molecular weight excluding hydrogens is 2020 g/mol. The van der Waals surface area contributed by atoms with E-state index >= 15 is 0 Å². The van der Waals surface area contributed by atoms with Crippen molar-refractivity contribution in [1.29, 1.82) is 15.9 Å². The molecule has 0 radical (unpaired) electrons. The SMILES string of the molecule is C#CC(=O)OCC.CC1(C)OB(c2cccc(C#N)n2)OC1(C)C.CCOC(=O)c1cnc(-c2cccc(-c3cc(C)ccc3OCc3ccccc3)n2)[nH]1.Cc1ccc(OCc2ccccc2)c(-c2cccc(C#N)n2)c1.Cc1ccc(OCc2ccccc2)c(-c2cccc(C(=N)CO)n2)c1.Cc1ccc(OCc2ccccc2)c(Br)c1.Cl.FC(F)(F)I.FC(F)(F)I.NO. The van der Waals surface area contributed by atoms with Gasteiger partial charge >= 0.3 is 27.4 Å². The molecule has 1 fully saturated rings. The monoisotopic (exact) mass is 2110 g/mol. The second-order valence-corrected chi connectivity index (χ2v) is 32.0. The second-order valence-electron chi connectivity index (χ2n) is 28.7. The quantitative estimate of drug-likeness (QED) is 0.00484. The first kappa shape index (κ1) is 110. The Morgan fingerprint density at radius 1 is 0.508 bits per heavy atom. The van der Waals surface area contributed by atoms with Crippen molar-refractivity contribution in [2.24, 2.45) is 5.90 Å². The highest BCUT2D eigenvalue weighted by molar-refractivity contribution is 14.1. The van der Waals surface area contributed by atoms with Crippen LogP contribution >= 0.6 is 73.5 Å². The molecule has 0 unspecified atom stereocenters. The number of nitrogens with zero attached hydrogens (tertiary/aromatic N) is 7. The van der Waals surface area contributed by atoms with E-state index in [-0.39, 0.29) is 35.9 Å². The van der Waals surface area contributed by atoms with E-state index in [1.165, 1.54) is 17.3 Å². The van der Waals surface area contributed by atoms with Crippen LogP contribution in [0, 0.1) is 68.1 Å². The van der Waals surface area contributed by atoms with E-state index in [0.29, 0.717) is 125 Å². The van der Waals surface area contributed by atoms with Gasteiger partial charge in [-0.1, -0.05) is 187 Å². The summed E-state index contributed by atoms with van der Waals surface area (Å²) in [5.41, 5.74) is 16.1. The van der Waals surface area contributed by atoms with Crippen LogP contribution in [-0.2, 0) is 50.0 Å². The van der Waals surface area contributed by atoms with Gasteiger partial charge in [0.2, 0.25) is 0 Å². The molecule has 132 heavy (non-hydrogen) atoms. The highest BCUT2D eigenvalue weighted by atomic mass is 127. The third-order valence-corrected chi connectivity index (χ3v) is 18.8. The number of aryl methyl sites for hydroxylation is 4. The van der Waals surface area contributed by atoms with Crippen molar-refractivity contribution in [3.63, 3.8) is 0 Å². The summed E-state index contributed by atoms with van der Waals surface area (Å²) in [6, 6.07) is 90.2. The van der Waals surface area contributed by atoms with Crippen LogP contribution in [0.3, 0.4) is 0 Å². The Morgan fingerprint density at radius 2 is 0.856 bits per heavy atom. The summed E-state index contributed by atoms with van der Waals surface area (Å²) in [6.07, 6.45) is 6.09. The minimum atomic E-state index is -4.03. The Labute approximate surface area is 806 Å². The summed E-state index contributed by atoms with van der Waals surface area (Å²) >= 11 is 4.25. The minimum absolute atomic E-state index is 0. The molecule has 6 N–H and O–H groups in total. The summed E-state index contributed by atoms with van der Waals surface area (Å²) in [7, 11) is -0.506. The number of aliphatic hydroxyl groups excluding tert-OH is 1. The number of rotatable bonds is 22. The van der Waals surface area contributed by atoms with E-state index in [0.717, 1.165) is 94.6 Å². The number of esters is 2. The van der Waals surface area contributed by atoms with Crippen LogP contribution in [-0.4, -0.2) is 104 Å². The largest absolute Gasteiger partial charge is 0.514 e. The lowest BCUT2D eigenvalue weighted by atomic mass is 9.84. The van der Waals surface area contributed by atoms with Crippen molar-refractivity contribution >= 4 is 104 Å². The van der Waals surface area contributed by atoms with Gasteiger partial charge in [-0.15, -0.1) is 18.8 Å². The van der Waals surface area contributed by atoms with Gasteiger partial charge in [-0.25, -0.2) is 40.4 Å². The number of nitrogens with two attached hydrogens (primary N) is 1. The number of terminal acetylenes is 1. The van der Waals surface area contributed by atoms with Crippen LogP contribution in [0.2, 0.25) is 0 Å². The number of carbonyl (C=O) groups excluding carboxylic acids is 2. The van der Waals surface area contributed by atoms with Gasteiger partial charge in [0, 0.05) is 67.8 Å². The number of imidazole rings is 1. The Balaban J connectivity index is 0.000000281. The highest BCUT2D eigenvalue weighted by Gasteiger charge is 2.52. The number of alkyl halides is 8. The van der Waals surface area contributed by atoms with Gasteiger partial charge in [-0.3, -0.25) is 0 Å². The Morgan fingerprint density at radius 3 is 1.23 bits per heavy atom. The van der Waals surface area contributed by atoms with Crippen molar-refractivity contribution < 1.29 is 84.0 Å². The molecule has 1 saturated heterocycles. The molecule has 33 heteroatoms. The molecule has 5 aromatic heterocycles. The number of nitriles is 2. The molecule has 0 saturated carbocycles. The number of aromatic nitrogens is 6. The molecule has 0 bridgehead atoms. The summed E-state index contributed by atoms with van der Waals surface area (Å²) in [4.78, 5) is 47.0. The Bertz CT molecular complexity index is 5880. The lowest BCUT2D eigenvalue weighted by Gasteiger charge is -2.32. The topological polar surface area (TPSA) is 326 Å². The molecule has 14 rings (SSSR count). The molecule has 22 nitrogen and oxygen atoms in total. The predicted molar refractivity (Wildman–Crippen MR) is 521 cm³/mol. The van der Waals surface area contributed by atoms with Crippen LogP contribution in [0.5, 0.6) is 23.0 Å². The molecule has 8 aromatic carbocycles. The van der Waals surface area contributed by atoms with Crippen molar-refractivity contribution in [2.75, 3.05) is 19.8 Å². The normalized spacial score (nSPS) is 11.5. The number of aromatic amines is 1. The number of nitrogens with one attached hydrogen (secondary N) is 2. The maximum Gasteiger partial charge on any atom is 0.514 e. The smallest absolute Gasteiger partial charge is 0.488 e. The lowest BCUT2D eigenvalue weighted by molar-refractivity contribution is -0.136. The summed E-state index contributed by atoms with van der Waals surface area (Å²) in [5, 5.41) is 41.3. The van der Waals surface area contributed by atoms with Crippen molar-refractivity contribution in [3.05, 3.63) is 345 Å². The third-order valence-electron chi connectivity index (χ3n) is 18.2. The molecule has 1 aliphatic rings. The average Bonchev–Trinajstić information content (AvgIpc) is 1.62. The van der Waals surface area contributed by atoms with Crippen molar-refractivity contribution in [3.8, 4) is 92.8 Å². The first-order chi connectivity index (χ1) is 62.5. The number of aliphatic hydroxyl groups is 1. The fraction of sp³-hybridized carbons (Fsp3) is 0.212. The van der Waals surface area contributed by atoms with E-state index in [1.807, 2.05) is 273 Å². The van der Waals surface area contributed by atoms with Crippen LogP contribution in [0.15, 0.2) is 278 Å². The fourth-order valence-corrected chi connectivity index (χ4v) is 11.9. The van der Waals surface area contributed by atoms with Crippen molar-refractivity contribution in [2.45, 2.75) is 115 Å². The zero-order chi connectivity index (χ0) is 96.1. The maximum absolute atomic E-state index is 11.9.